The first-order valence-electron chi connectivity index (χ1n) is 8.18. The van der Waals surface area contributed by atoms with Crippen molar-refractivity contribution in [2.75, 3.05) is 0 Å². The highest BCUT2D eigenvalue weighted by molar-refractivity contribution is 5.76. The normalized spacial score (nSPS) is 25.3. The lowest BCUT2D eigenvalue weighted by Gasteiger charge is -2.19. The molecule has 118 valence electrons. The third-order valence-electron chi connectivity index (χ3n) is 4.94. The van der Waals surface area contributed by atoms with Crippen molar-refractivity contribution in [2.24, 2.45) is 17.8 Å². The number of rotatable bonds is 4. The molecule has 0 aliphatic heterocycles. The lowest BCUT2D eigenvalue weighted by Crippen LogP contribution is -2.25. The molecule has 0 N–H and O–H groups in total. The number of esters is 1. The fraction of sp³-hybridized carbons (Fsp3) is 0.368. The van der Waals surface area contributed by atoms with Gasteiger partial charge < -0.3 is 9.47 Å². The van der Waals surface area contributed by atoms with Crippen LogP contribution in [-0.2, 0) is 4.79 Å². The van der Waals surface area contributed by atoms with E-state index in [9.17, 15) is 4.79 Å². The van der Waals surface area contributed by atoms with E-state index in [-0.39, 0.29) is 11.9 Å². The van der Waals surface area contributed by atoms with Gasteiger partial charge >= 0.3 is 5.97 Å². The Labute approximate surface area is 135 Å². The summed E-state index contributed by atoms with van der Waals surface area (Å²) in [4.78, 5) is 16.4. The molecule has 2 aliphatic carbocycles. The van der Waals surface area contributed by atoms with Gasteiger partial charge in [-0.1, -0.05) is 12.5 Å². The predicted octanol–water partition coefficient (Wildman–Crippen LogP) is 4.22. The van der Waals surface area contributed by atoms with Gasteiger partial charge in [0.25, 0.3) is 0 Å². The smallest absolute Gasteiger partial charge is 0.314 e. The monoisotopic (exact) mass is 309 g/mol. The Morgan fingerprint density at radius 2 is 1.83 bits per heavy atom. The number of pyridine rings is 1. The van der Waals surface area contributed by atoms with Gasteiger partial charge in [0, 0.05) is 12.3 Å². The fourth-order valence-electron chi connectivity index (χ4n) is 3.83. The van der Waals surface area contributed by atoms with Crippen molar-refractivity contribution in [3.05, 3.63) is 48.7 Å². The van der Waals surface area contributed by atoms with E-state index in [4.69, 9.17) is 9.47 Å². The number of hydrogen-bond acceptors (Lipinski definition) is 4. The first kappa shape index (κ1) is 14.2. The van der Waals surface area contributed by atoms with E-state index in [1.165, 1.54) is 19.3 Å². The first-order chi connectivity index (χ1) is 11.3. The van der Waals surface area contributed by atoms with Crippen molar-refractivity contribution in [1.29, 1.82) is 0 Å². The maximum Gasteiger partial charge on any atom is 0.314 e. The number of carbonyl (C=O) groups is 1. The Morgan fingerprint density at radius 3 is 2.48 bits per heavy atom. The van der Waals surface area contributed by atoms with Gasteiger partial charge in [0.05, 0.1) is 5.92 Å². The van der Waals surface area contributed by atoms with Crippen LogP contribution >= 0.6 is 0 Å². The number of hydrogen-bond donors (Lipinski definition) is 0. The van der Waals surface area contributed by atoms with Crippen molar-refractivity contribution in [3.63, 3.8) is 0 Å². The minimum atomic E-state index is -0.0735. The Hall–Kier alpha value is -2.36. The molecule has 4 rings (SSSR count). The molecule has 0 radical (unpaired) electrons. The maximum atomic E-state index is 12.3. The largest absolute Gasteiger partial charge is 0.439 e. The lowest BCUT2D eigenvalue weighted by molar-refractivity contribution is -0.140. The minimum Gasteiger partial charge on any atom is -0.439 e. The minimum absolute atomic E-state index is 0.0735. The van der Waals surface area contributed by atoms with Gasteiger partial charge in [-0.3, -0.25) is 4.79 Å². The van der Waals surface area contributed by atoms with E-state index in [2.05, 4.69) is 4.98 Å². The molecule has 0 spiro atoms. The Balaban J connectivity index is 1.37. The van der Waals surface area contributed by atoms with Crippen LogP contribution in [0.2, 0.25) is 0 Å². The third-order valence-corrected chi connectivity index (χ3v) is 4.94. The average molecular weight is 309 g/mol. The summed E-state index contributed by atoms with van der Waals surface area (Å²) in [6.45, 7) is 0. The van der Waals surface area contributed by atoms with Gasteiger partial charge in [-0.25, -0.2) is 4.98 Å². The van der Waals surface area contributed by atoms with Crippen molar-refractivity contribution >= 4 is 5.97 Å². The summed E-state index contributed by atoms with van der Waals surface area (Å²) < 4.78 is 11.2. The fourth-order valence-corrected chi connectivity index (χ4v) is 3.83. The zero-order chi connectivity index (χ0) is 15.6. The number of aromatic nitrogens is 1. The van der Waals surface area contributed by atoms with Crippen molar-refractivity contribution in [3.8, 4) is 17.4 Å². The molecule has 1 aromatic heterocycles. The van der Waals surface area contributed by atoms with Crippen LogP contribution in [0.3, 0.4) is 0 Å². The Kier molecular flexibility index (Phi) is 3.74. The summed E-state index contributed by atoms with van der Waals surface area (Å²) in [6, 6.07) is 12.6. The van der Waals surface area contributed by atoms with Crippen LogP contribution in [-0.4, -0.2) is 11.0 Å². The highest BCUT2D eigenvalue weighted by Gasteiger charge is 2.44. The molecule has 4 nitrogen and oxygen atoms in total. The second kappa shape index (κ2) is 6.03. The molecule has 0 amide bonds. The zero-order valence-corrected chi connectivity index (χ0v) is 12.9. The molecular weight excluding hydrogens is 290 g/mol. The van der Waals surface area contributed by atoms with Gasteiger partial charge in [0.15, 0.2) is 0 Å². The number of carbonyl (C=O) groups excluding carboxylic acids is 1. The molecule has 3 atom stereocenters. The topological polar surface area (TPSA) is 48.4 Å². The molecule has 23 heavy (non-hydrogen) atoms. The zero-order valence-electron chi connectivity index (χ0n) is 12.9. The van der Waals surface area contributed by atoms with Crippen LogP contribution in [0.1, 0.15) is 25.7 Å². The summed E-state index contributed by atoms with van der Waals surface area (Å²) in [7, 11) is 0. The van der Waals surface area contributed by atoms with E-state index in [0.29, 0.717) is 23.3 Å². The second-order valence-electron chi connectivity index (χ2n) is 6.44. The highest BCUT2D eigenvalue weighted by atomic mass is 16.5. The Bertz CT molecular complexity index is 684. The van der Waals surface area contributed by atoms with Gasteiger partial charge in [-0.2, -0.15) is 0 Å². The second-order valence-corrected chi connectivity index (χ2v) is 6.44. The van der Waals surface area contributed by atoms with Crippen molar-refractivity contribution in [1.82, 2.24) is 4.98 Å². The number of benzene rings is 1. The average Bonchev–Trinajstić information content (AvgIpc) is 3.21. The maximum absolute atomic E-state index is 12.3. The molecule has 0 saturated heterocycles. The van der Waals surface area contributed by atoms with Gasteiger partial charge in [-0.05, 0) is 61.4 Å². The predicted molar refractivity (Wildman–Crippen MR) is 85.3 cm³/mol. The Morgan fingerprint density at radius 1 is 1.00 bits per heavy atom. The standard InChI is InChI=1S/C19H19NO3/c21-19(17-12-13-4-5-14(17)11-13)23-16-8-6-15(7-9-16)22-18-3-1-2-10-20-18/h1-3,6-10,13-14,17H,4-5,11-12H2. The van der Waals surface area contributed by atoms with E-state index in [1.54, 1.807) is 36.5 Å². The van der Waals surface area contributed by atoms with E-state index in [0.717, 1.165) is 12.3 Å². The molecule has 1 aromatic carbocycles. The summed E-state index contributed by atoms with van der Waals surface area (Å²) in [5.41, 5.74) is 0. The lowest BCUT2D eigenvalue weighted by atomic mass is 9.89. The van der Waals surface area contributed by atoms with Crippen LogP contribution in [0.15, 0.2) is 48.7 Å². The molecule has 2 fully saturated rings. The highest BCUT2D eigenvalue weighted by Crippen LogP contribution is 2.48. The third kappa shape index (κ3) is 3.07. The van der Waals surface area contributed by atoms with Crippen molar-refractivity contribution in [2.45, 2.75) is 25.7 Å². The number of fused-ring (bicyclic) bond motifs is 2. The van der Waals surface area contributed by atoms with Gasteiger partial charge in [-0.15, -0.1) is 0 Å². The molecular formula is C19H19NO3. The van der Waals surface area contributed by atoms with Crippen LogP contribution < -0.4 is 9.47 Å². The van der Waals surface area contributed by atoms with Gasteiger partial charge in [0.2, 0.25) is 5.88 Å². The molecule has 1 heterocycles. The quantitative estimate of drug-likeness (QED) is 0.627. The summed E-state index contributed by atoms with van der Waals surface area (Å²) >= 11 is 0. The van der Waals surface area contributed by atoms with Crippen molar-refractivity contribution < 1.29 is 14.3 Å². The van der Waals surface area contributed by atoms with E-state index < -0.39 is 0 Å². The molecule has 2 bridgehead atoms. The van der Waals surface area contributed by atoms with E-state index in [1.807, 2.05) is 12.1 Å². The summed E-state index contributed by atoms with van der Waals surface area (Å²) in [5.74, 6) is 3.09. The number of nitrogens with zero attached hydrogens (tertiary/aromatic N) is 1. The molecule has 4 heteroatoms. The van der Waals surface area contributed by atoms with Crippen LogP contribution in [0, 0.1) is 17.8 Å². The SMILES string of the molecule is O=C(Oc1ccc(Oc2ccccn2)cc1)C1CC2CCC1C2. The van der Waals surface area contributed by atoms with Crippen LogP contribution in [0.5, 0.6) is 17.4 Å². The molecule has 2 saturated carbocycles. The van der Waals surface area contributed by atoms with E-state index >= 15 is 0 Å². The molecule has 2 aromatic rings. The summed E-state index contributed by atoms with van der Waals surface area (Å²) in [6.07, 6.45) is 6.36. The summed E-state index contributed by atoms with van der Waals surface area (Å²) in [5, 5.41) is 0. The van der Waals surface area contributed by atoms with Crippen LogP contribution in [0.25, 0.3) is 0 Å². The van der Waals surface area contributed by atoms with Crippen LogP contribution in [0.4, 0.5) is 0 Å². The molecule has 2 aliphatic rings. The first-order valence-corrected chi connectivity index (χ1v) is 8.18. The van der Waals surface area contributed by atoms with Gasteiger partial charge in [0.1, 0.15) is 11.5 Å². The molecule has 3 unspecified atom stereocenters. The number of ether oxygens (including phenoxy) is 2.